The Bertz CT molecular complexity index is 241. The smallest absolute Gasteiger partial charge is 0.380 e. The van der Waals surface area contributed by atoms with Crippen LogP contribution in [0.25, 0.3) is 0 Å². The number of amides is 1. The molecule has 0 aliphatic rings. The topological polar surface area (TPSA) is 64.3 Å². The highest BCUT2D eigenvalue weighted by Crippen LogP contribution is 2.27. The van der Waals surface area contributed by atoms with Crippen molar-refractivity contribution >= 4 is 5.91 Å². The predicted molar refractivity (Wildman–Crippen MR) is 52.7 cm³/mol. The van der Waals surface area contributed by atoms with Crippen LogP contribution in [0.15, 0.2) is 0 Å². The molecule has 1 amide bonds. The van der Waals surface area contributed by atoms with Crippen molar-refractivity contribution in [1.82, 2.24) is 5.32 Å². The maximum Gasteiger partial charge on any atom is 0.415 e. The largest absolute Gasteiger partial charge is 0.415 e. The molecule has 7 heteroatoms. The van der Waals surface area contributed by atoms with Gasteiger partial charge in [-0.1, -0.05) is 0 Å². The van der Waals surface area contributed by atoms with E-state index in [-0.39, 0.29) is 6.61 Å². The molecule has 0 aliphatic carbocycles. The fraction of sp³-hybridized carbons (Fsp3) is 0.889. The van der Waals surface area contributed by atoms with E-state index >= 15 is 0 Å². The van der Waals surface area contributed by atoms with Crippen molar-refractivity contribution in [3.8, 4) is 0 Å². The number of nitrogens with two attached hydrogens (primary N) is 1. The molecule has 2 unspecified atom stereocenters. The zero-order valence-electron chi connectivity index (χ0n) is 9.52. The number of nitrogens with one attached hydrogen (secondary N) is 1. The summed E-state index contributed by atoms with van der Waals surface area (Å²) in [4.78, 5) is 11.3. The first-order chi connectivity index (χ1) is 7.13. The molecule has 0 bridgehead atoms. The van der Waals surface area contributed by atoms with Gasteiger partial charge in [0.15, 0.2) is 5.54 Å². The van der Waals surface area contributed by atoms with Crippen molar-refractivity contribution < 1.29 is 22.7 Å². The summed E-state index contributed by atoms with van der Waals surface area (Å²) in [6.45, 7) is 4.50. The van der Waals surface area contributed by atoms with Crippen LogP contribution in [-0.2, 0) is 9.53 Å². The van der Waals surface area contributed by atoms with Crippen LogP contribution < -0.4 is 11.1 Å². The Morgan fingerprint density at radius 3 is 2.38 bits per heavy atom. The van der Waals surface area contributed by atoms with Gasteiger partial charge < -0.3 is 15.8 Å². The van der Waals surface area contributed by atoms with Gasteiger partial charge in [-0.15, -0.1) is 0 Å². The van der Waals surface area contributed by atoms with E-state index in [1.165, 1.54) is 0 Å². The average Bonchev–Trinajstić information content (AvgIpc) is 2.12. The Kier molecular flexibility index (Phi) is 5.21. The van der Waals surface area contributed by atoms with E-state index in [1.807, 2.05) is 0 Å². The summed E-state index contributed by atoms with van der Waals surface area (Å²) >= 11 is 0. The monoisotopic (exact) mass is 242 g/mol. The summed E-state index contributed by atoms with van der Waals surface area (Å²) < 4.78 is 42.1. The molecule has 96 valence electrons. The number of halogens is 3. The number of carbonyl (C=O) groups excluding carboxylic acids is 1. The van der Waals surface area contributed by atoms with Crippen LogP contribution in [0.3, 0.4) is 0 Å². The van der Waals surface area contributed by atoms with Crippen LogP contribution in [-0.4, -0.2) is 36.9 Å². The molecule has 0 aromatic rings. The first kappa shape index (κ1) is 15.2. The molecule has 0 saturated carbocycles. The lowest BCUT2D eigenvalue weighted by atomic mass is 10.0. The molecule has 0 aliphatic heterocycles. The summed E-state index contributed by atoms with van der Waals surface area (Å²) in [5.41, 5.74) is 2.05. The van der Waals surface area contributed by atoms with Crippen molar-refractivity contribution in [3.05, 3.63) is 0 Å². The third-order valence-electron chi connectivity index (χ3n) is 2.01. The van der Waals surface area contributed by atoms with Crippen LogP contribution in [0, 0.1) is 0 Å². The molecule has 0 fully saturated rings. The summed E-state index contributed by atoms with van der Waals surface area (Å²) in [7, 11) is 0. The normalized spacial score (nSPS) is 17.7. The lowest BCUT2D eigenvalue weighted by molar-refractivity contribution is -0.187. The molecule has 0 heterocycles. The molecular formula is C9H17F3N2O2. The second kappa shape index (κ2) is 5.49. The fourth-order valence-electron chi connectivity index (χ4n) is 0.839. The second-order valence-corrected chi connectivity index (χ2v) is 3.73. The molecule has 0 spiro atoms. The zero-order valence-corrected chi connectivity index (χ0v) is 9.52. The fourth-order valence-corrected chi connectivity index (χ4v) is 0.839. The number of rotatable bonds is 5. The van der Waals surface area contributed by atoms with Crippen LogP contribution in [0.4, 0.5) is 13.2 Å². The van der Waals surface area contributed by atoms with E-state index < -0.39 is 23.7 Å². The zero-order chi connectivity index (χ0) is 13.0. The number of ether oxygens (including phenoxy) is 1. The standard InChI is InChI=1S/C9H17F3N2O2/c1-4-16-5-6(2)14-7(15)8(3,13)9(10,11)12/h6H,4-5,13H2,1-3H3,(H,14,15). The Morgan fingerprint density at radius 1 is 1.50 bits per heavy atom. The third-order valence-corrected chi connectivity index (χ3v) is 2.01. The van der Waals surface area contributed by atoms with Crippen molar-refractivity contribution in [1.29, 1.82) is 0 Å². The van der Waals surface area contributed by atoms with Gasteiger partial charge in [-0.25, -0.2) is 0 Å². The third kappa shape index (κ3) is 3.97. The van der Waals surface area contributed by atoms with Crippen molar-refractivity contribution in [2.45, 2.75) is 38.5 Å². The van der Waals surface area contributed by atoms with Gasteiger partial charge >= 0.3 is 6.18 Å². The summed E-state index contributed by atoms with van der Waals surface area (Å²) in [5.74, 6) is -1.26. The molecule has 0 radical (unpaired) electrons. The van der Waals surface area contributed by atoms with Gasteiger partial charge in [0.1, 0.15) is 0 Å². The number of hydrogen-bond acceptors (Lipinski definition) is 3. The Hall–Kier alpha value is -0.820. The van der Waals surface area contributed by atoms with Gasteiger partial charge in [0.25, 0.3) is 0 Å². The minimum atomic E-state index is -4.78. The molecular weight excluding hydrogens is 225 g/mol. The Morgan fingerprint density at radius 2 is 2.00 bits per heavy atom. The predicted octanol–water partition coefficient (Wildman–Crippen LogP) is 0.807. The first-order valence-corrected chi connectivity index (χ1v) is 4.87. The number of alkyl halides is 3. The SMILES string of the molecule is CCOCC(C)NC(=O)C(C)(N)C(F)(F)F. The quantitative estimate of drug-likeness (QED) is 0.749. The molecule has 0 rings (SSSR count). The van der Waals surface area contributed by atoms with E-state index in [9.17, 15) is 18.0 Å². The van der Waals surface area contributed by atoms with Gasteiger partial charge in [-0.3, -0.25) is 4.79 Å². The van der Waals surface area contributed by atoms with Crippen LogP contribution in [0.5, 0.6) is 0 Å². The van der Waals surface area contributed by atoms with Gasteiger partial charge in [-0.2, -0.15) is 13.2 Å². The van der Waals surface area contributed by atoms with E-state index in [0.717, 1.165) is 0 Å². The molecule has 16 heavy (non-hydrogen) atoms. The minimum Gasteiger partial charge on any atom is -0.380 e. The minimum absolute atomic E-state index is 0.149. The Labute approximate surface area is 92.3 Å². The van der Waals surface area contributed by atoms with Crippen LogP contribution in [0.1, 0.15) is 20.8 Å². The van der Waals surface area contributed by atoms with Gasteiger partial charge in [0, 0.05) is 12.6 Å². The van der Waals surface area contributed by atoms with Crippen LogP contribution >= 0.6 is 0 Å². The van der Waals surface area contributed by atoms with Gasteiger partial charge in [-0.05, 0) is 20.8 Å². The highest BCUT2D eigenvalue weighted by Gasteiger charge is 2.54. The van der Waals surface area contributed by atoms with Crippen molar-refractivity contribution in [2.75, 3.05) is 13.2 Å². The lowest BCUT2D eigenvalue weighted by Gasteiger charge is -2.27. The summed E-state index contributed by atoms with van der Waals surface area (Å²) in [5, 5.41) is 2.15. The molecule has 0 aromatic carbocycles. The number of hydrogen-bond donors (Lipinski definition) is 2. The van der Waals surface area contributed by atoms with Crippen molar-refractivity contribution in [3.63, 3.8) is 0 Å². The van der Waals surface area contributed by atoms with Gasteiger partial charge in [0.2, 0.25) is 5.91 Å². The molecule has 0 aromatic heterocycles. The maximum atomic E-state index is 12.4. The van der Waals surface area contributed by atoms with Crippen molar-refractivity contribution in [2.24, 2.45) is 5.73 Å². The summed E-state index contributed by atoms with van der Waals surface area (Å²) in [6.07, 6.45) is -4.78. The molecule has 4 nitrogen and oxygen atoms in total. The average molecular weight is 242 g/mol. The Balaban J connectivity index is 4.35. The summed E-state index contributed by atoms with van der Waals surface area (Å²) in [6, 6.07) is -0.516. The second-order valence-electron chi connectivity index (χ2n) is 3.73. The first-order valence-electron chi connectivity index (χ1n) is 4.87. The van der Waals surface area contributed by atoms with E-state index in [2.05, 4.69) is 5.32 Å². The highest BCUT2D eigenvalue weighted by molar-refractivity contribution is 5.86. The number of carbonyl (C=O) groups is 1. The molecule has 3 N–H and O–H groups in total. The lowest BCUT2D eigenvalue weighted by Crippen LogP contribution is -2.62. The molecule has 0 saturated heterocycles. The highest BCUT2D eigenvalue weighted by atomic mass is 19.4. The van der Waals surface area contributed by atoms with E-state index in [1.54, 1.807) is 13.8 Å². The maximum absolute atomic E-state index is 12.4. The molecule has 2 atom stereocenters. The van der Waals surface area contributed by atoms with Crippen LogP contribution in [0.2, 0.25) is 0 Å². The van der Waals surface area contributed by atoms with E-state index in [4.69, 9.17) is 10.5 Å². The van der Waals surface area contributed by atoms with Gasteiger partial charge in [0.05, 0.1) is 6.61 Å². The van der Waals surface area contributed by atoms with E-state index in [0.29, 0.717) is 13.5 Å².